The number of furan rings is 1. The Morgan fingerprint density at radius 2 is 1.91 bits per heavy atom. The lowest BCUT2D eigenvalue weighted by Crippen LogP contribution is -2.42. The third-order valence-electron chi connectivity index (χ3n) is 3.91. The Bertz CT molecular complexity index is 679. The molecule has 2 aromatic rings. The van der Waals surface area contributed by atoms with Crippen LogP contribution in [0.1, 0.15) is 39.5 Å². The first-order chi connectivity index (χ1) is 10.7. The fourth-order valence-electron chi connectivity index (χ4n) is 2.16. The Balaban J connectivity index is 2.02. The molecule has 5 heteroatoms. The number of nitrogens with zero attached hydrogens (tertiary/aromatic N) is 1. The second-order valence-corrected chi connectivity index (χ2v) is 6.80. The predicted octanol–water partition coefficient (Wildman–Crippen LogP) is 3.11. The molecule has 1 aromatic carbocycles. The van der Waals surface area contributed by atoms with E-state index in [1.54, 1.807) is 11.9 Å². The van der Waals surface area contributed by atoms with Crippen molar-refractivity contribution in [1.29, 1.82) is 0 Å². The number of nitrogens with one attached hydrogen (secondary N) is 1. The van der Waals surface area contributed by atoms with Gasteiger partial charge >= 0.3 is 0 Å². The molecule has 0 radical (unpaired) electrons. The number of carbonyl (C=O) groups excluding carboxylic acids is 2. The lowest BCUT2D eigenvalue weighted by Gasteiger charge is -2.24. The molecule has 0 bridgehead atoms. The predicted molar refractivity (Wildman–Crippen MR) is 89.9 cm³/mol. The topological polar surface area (TPSA) is 62.6 Å². The maximum Gasteiger partial charge on any atom is 0.242 e. The zero-order chi connectivity index (χ0) is 17.2. The number of hydrogen-bond acceptors (Lipinski definition) is 3. The van der Waals surface area contributed by atoms with Gasteiger partial charge in [0.15, 0.2) is 0 Å². The Hall–Kier alpha value is -2.30. The third kappa shape index (κ3) is 3.92. The highest BCUT2D eigenvalue weighted by Gasteiger charge is 2.24. The van der Waals surface area contributed by atoms with Gasteiger partial charge in [-0.3, -0.25) is 9.59 Å². The smallest absolute Gasteiger partial charge is 0.242 e. The van der Waals surface area contributed by atoms with Gasteiger partial charge in [0.25, 0.3) is 0 Å². The summed E-state index contributed by atoms with van der Waals surface area (Å²) in [7, 11) is 1.71. The molecule has 23 heavy (non-hydrogen) atoms. The third-order valence-corrected chi connectivity index (χ3v) is 3.91. The van der Waals surface area contributed by atoms with E-state index in [0.717, 1.165) is 16.7 Å². The second kappa shape index (κ2) is 6.44. The zero-order valence-electron chi connectivity index (χ0n) is 14.3. The Morgan fingerprint density at radius 1 is 1.26 bits per heavy atom. The van der Waals surface area contributed by atoms with Gasteiger partial charge in [-0.15, -0.1) is 0 Å². The van der Waals surface area contributed by atoms with Gasteiger partial charge in [0.05, 0.1) is 12.6 Å². The van der Waals surface area contributed by atoms with E-state index < -0.39 is 5.41 Å². The highest BCUT2D eigenvalue weighted by atomic mass is 16.3. The van der Waals surface area contributed by atoms with Crippen molar-refractivity contribution < 1.29 is 14.0 Å². The summed E-state index contributed by atoms with van der Waals surface area (Å²) < 4.78 is 5.80. The van der Waals surface area contributed by atoms with Gasteiger partial charge in [0.2, 0.25) is 11.8 Å². The van der Waals surface area contributed by atoms with Crippen LogP contribution in [0, 0.1) is 5.41 Å². The molecule has 1 unspecified atom stereocenters. The largest absolute Gasteiger partial charge is 0.459 e. The molecule has 1 N–H and O–H groups in total. The number of hydrogen-bond donors (Lipinski definition) is 1. The quantitative estimate of drug-likeness (QED) is 0.942. The van der Waals surface area contributed by atoms with Gasteiger partial charge in [0, 0.05) is 17.8 Å². The molecule has 2 amide bonds. The van der Waals surface area contributed by atoms with Crippen LogP contribution in [-0.2, 0) is 9.59 Å². The molecule has 0 saturated heterocycles. The molecular formula is C18H24N2O3. The van der Waals surface area contributed by atoms with Gasteiger partial charge in [0.1, 0.15) is 11.3 Å². The Kier molecular flexibility index (Phi) is 4.78. The number of benzene rings is 1. The molecule has 2 rings (SSSR count). The first-order valence-electron chi connectivity index (χ1n) is 7.72. The molecule has 0 aliphatic heterocycles. The van der Waals surface area contributed by atoms with Crippen LogP contribution >= 0.6 is 0 Å². The van der Waals surface area contributed by atoms with Gasteiger partial charge in [-0.2, -0.15) is 0 Å². The Labute approximate surface area is 136 Å². The summed E-state index contributed by atoms with van der Waals surface area (Å²) in [6.45, 7) is 7.33. The normalized spacial score (nSPS) is 12.9. The lowest BCUT2D eigenvalue weighted by molar-refractivity contribution is -0.135. The lowest BCUT2D eigenvalue weighted by atomic mass is 9.96. The average Bonchev–Trinajstić information content (AvgIpc) is 2.93. The minimum atomic E-state index is -0.511. The maximum absolute atomic E-state index is 12.3. The number of likely N-dealkylation sites (N-methyl/N-ethyl adjacent to an activating group) is 1. The van der Waals surface area contributed by atoms with Crippen LogP contribution < -0.4 is 5.32 Å². The fraction of sp³-hybridized carbons (Fsp3) is 0.444. The second-order valence-electron chi connectivity index (χ2n) is 6.80. The first kappa shape index (κ1) is 17.1. The molecule has 0 fully saturated rings. The van der Waals surface area contributed by atoms with Crippen molar-refractivity contribution in [3.05, 3.63) is 36.1 Å². The van der Waals surface area contributed by atoms with E-state index in [2.05, 4.69) is 5.32 Å². The molecule has 0 spiro atoms. The number of rotatable bonds is 4. The summed E-state index contributed by atoms with van der Waals surface area (Å²) in [5.74, 6) is 0.426. The minimum absolute atomic E-state index is 0.0167. The number of carbonyl (C=O) groups is 2. The van der Waals surface area contributed by atoms with Gasteiger partial charge in [-0.25, -0.2) is 0 Å². The van der Waals surface area contributed by atoms with E-state index >= 15 is 0 Å². The van der Waals surface area contributed by atoms with Crippen LogP contribution in [-0.4, -0.2) is 30.3 Å². The number of amides is 2. The number of fused-ring (bicyclic) bond motifs is 1. The maximum atomic E-state index is 12.3. The zero-order valence-corrected chi connectivity index (χ0v) is 14.3. The van der Waals surface area contributed by atoms with Crippen molar-refractivity contribution in [1.82, 2.24) is 10.2 Å². The summed E-state index contributed by atoms with van der Waals surface area (Å²) in [4.78, 5) is 25.7. The van der Waals surface area contributed by atoms with Crippen molar-refractivity contribution in [3.8, 4) is 0 Å². The van der Waals surface area contributed by atoms with E-state index in [9.17, 15) is 9.59 Å². The van der Waals surface area contributed by atoms with E-state index in [1.165, 1.54) is 0 Å². The summed E-state index contributed by atoms with van der Waals surface area (Å²) >= 11 is 0. The first-order valence-corrected chi connectivity index (χ1v) is 7.72. The van der Waals surface area contributed by atoms with Crippen molar-refractivity contribution >= 4 is 22.8 Å². The summed E-state index contributed by atoms with van der Waals surface area (Å²) in [5, 5.41) is 3.69. The van der Waals surface area contributed by atoms with E-state index in [1.807, 2.05) is 58.0 Å². The highest BCUT2D eigenvalue weighted by Crippen LogP contribution is 2.26. The van der Waals surface area contributed by atoms with Crippen LogP contribution in [0.25, 0.3) is 11.0 Å². The van der Waals surface area contributed by atoms with Gasteiger partial charge in [-0.05, 0) is 19.1 Å². The molecule has 1 atom stereocenters. The fourth-order valence-corrected chi connectivity index (χ4v) is 2.16. The molecule has 0 aliphatic carbocycles. The van der Waals surface area contributed by atoms with E-state index in [-0.39, 0.29) is 24.4 Å². The SMILES string of the molecule is CC(c1cc2ccccc2o1)N(C)C(=O)CNC(=O)C(C)(C)C. The molecule has 124 valence electrons. The summed E-state index contributed by atoms with van der Waals surface area (Å²) in [6, 6.07) is 9.47. The molecule has 5 nitrogen and oxygen atoms in total. The van der Waals surface area contributed by atoms with Gasteiger partial charge < -0.3 is 14.6 Å². The van der Waals surface area contributed by atoms with Gasteiger partial charge in [-0.1, -0.05) is 39.0 Å². The summed E-state index contributed by atoms with van der Waals surface area (Å²) in [5.41, 5.74) is 0.291. The van der Waals surface area contributed by atoms with Crippen LogP contribution in [0.4, 0.5) is 0 Å². The van der Waals surface area contributed by atoms with Crippen LogP contribution in [0.3, 0.4) is 0 Å². The highest BCUT2D eigenvalue weighted by molar-refractivity contribution is 5.87. The molecule has 1 aromatic heterocycles. The van der Waals surface area contributed by atoms with Crippen molar-refractivity contribution in [2.45, 2.75) is 33.7 Å². The molecular weight excluding hydrogens is 292 g/mol. The minimum Gasteiger partial charge on any atom is -0.459 e. The van der Waals surface area contributed by atoms with Crippen molar-refractivity contribution in [2.75, 3.05) is 13.6 Å². The molecule has 1 heterocycles. The van der Waals surface area contributed by atoms with E-state index in [4.69, 9.17) is 4.42 Å². The standard InChI is InChI=1S/C18H24N2O3/c1-12(15-10-13-8-6-7-9-14(13)23-15)20(5)16(21)11-19-17(22)18(2,3)4/h6-10,12H,11H2,1-5H3,(H,19,22). The summed E-state index contributed by atoms with van der Waals surface area (Å²) in [6.07, 6.45) is 0. The van der Waals surface area contributed by atoms with Crippen LogP contribution in [0.15, 0.2) is 34.7 Å². The average molecular weight is 316 g/mol. The number of para-hydroxylation sites is 1. The van der Waals surface area contributed by atoms with Crippen LogP contribution in [0.2, 0.25) is 0 Å². The monoisotopic (exact) mass is 316 g/mol. The van der Waals surface area contributed by atoms with Crippen LogP contribution in [0.5, 0.6) is 0 Å². The molecule has 0 saturated carbocycles. The van der Waals surface area contributed by atoms with Crippen molar-refractivity contribution in [2.24, 2.45) is 5.41 Å². The Morgan fingerprint density at radius 3 is 2.52 bits per heavy atom. The molecule has 0 aliphatic rings. The van der Waals surface area contributed by atoms with Crippen molar-refractivity contribution in [3.63, 3.8) is 0 Å². The van der Waals surface area contributed by atoms with E-state index in [0.29, 0.717) is 0 Å².